The van der Waals surface area contributed by atoms with Gasteiger partial charge in [-0.2, -0.15) is 0 Å². The van der Waals surface area contributed by atoms with Gasteiger partial charge >= 0.3 is 5.97 Å². The molecule has 2 fully saturated rings. The molecule has 2 aliphatic carbocycles. The number of carbonyl (C=O) groups is 2. The minimum Gasteiger partial charge on any atom is -0.756 e. The largest absolute Gasteiger partial charge is 0.756 e. The predicted octanol–water partition coefficient (Wildman–Crippen LogP) is 2.86. The predicted molar refractivity (Wildman–Crippen MR) is 125 cm³/mol. The molecule has 0 aromatic heterocycles. The van der Waals surface area contributed by atoms with Crippen molar-refractivity contribution in [3.05, 3.63) is 54.6 Å². The van der Waals surface area contributed by atoms with Crippen LogP contribution in [0, 0.1) is 11.8 Å². The third-order valence-corrected chi connectivity index (χ3v) is 6.37. The molecule has 9 nitrogen and oxygen atoms in total. The van der Waals surface area contributed by atoms with Gasteiger partial charge in [0.2, 0.25) is 0 Å². The van der Waals surface area contributed by atoms with Crippen molar-refractivity contribution in [2.24, 2.45) is 11.8 Å². The molecule has 0 radical (unpaired) electrons. The summed E-state index contributed by atoms with van der Waals surface area (Å²) in [6.45, 7) is -0.0273. The molecule has 35 heavy (non-hydrogen) atoms. The Morgan fingerprint density at radius 3 is 2.66 bits per heavy atom. The van der Waals surface area contributed by atoms with Gasteiger partial charge < -0.3 is 28.9 Å². The standard InChI is InChI=1S/C25H33O9P/c26-18(17-32-19-8-4-3-5-9-19)12-15-22-21(23(27)16-24(22)34-35(29,30)31)10-6-1-2-7-11-25(28)33-20-13-14-20/h1,3-6,8-9,12,15,18,20-22,24,26H,2,7,10-11,13-14,16-17H2,(H2,29,30,31)/p-1/t18-,21-,22-,24-/m1/s1. The second-order valence-electron chi connectivity index (χ2n) is 8.83. The first-order valence-corrected chi connectivity index (χ1v) is 13.3. The number of Topliss-reactive ketones (excluding diaryl/α,β-unsaturated/α-hetero) is 1. The number of ether oxygens (including phenoxy) is 2. The Kier molecular flexibility index (Phi) is 10.2. The SMILES string of the molecule is O=C(CCCC=CC[C@H]1C(=O)C[C@@H](OP(=O)([O-])O)[C@@H]1C=C[C@@H](O)COc1ccccc1)OC1CC1. The summed E-state index contributed by atoms with van der Waals surface area (Å²) in [6.07, 6.45) is 8.41. The summed E-state index contributed by atoms with van der Waals surface area (Å²) in [5.41, 5.74) is 0. The molecule has 2 saturated carbocycles. The molecule has 2 N–H and O–H groups in total. The van der Waals surface area contributed by atoms with Crippen LogP contribution in [0.3, 0.4) is 0 Å². The molecular formula is C25H32O9P-. The van der Waals surface area contributed by atoms with Gasteiger partial charge in [-0.05, 0) is 44.2 Å². The number of phosphoric acid groups is 1. The number of para-hydroxylation sites is 1. The number of allylic oxidation sites excluding steroid dienone is 2. The first-order valence-electron chi connectivity index (χ1n) is 11.8. The smallest absolute Gasteiger partial charge is 0.306 e. The number of hydrogen-bond donors (Lipinski definition) is 2. The van der Waals surface area contributed by atoms with Crippen molar-refractivity contribution in [1.29, 1.82) is 0 Å². The Morgan fingerprint density at radius 1 is 1.23 bits per heavy atom. The van der Waals surface area contributed by atoms with Crippen LogP contribution in [0.4, 0.5) is 0 Å². The van der Waals surface area contributed by atoms with Crippen LogP contribution >= 0.6 is 7.82 Å². The second kappa shape index (κ2) is 13.1. The van der Waals surface area contributed by atoms with Crippen LogP contribution in [0.1, 0.15) is 44.9 Å². The summed E-state index contributed by atoms with van der Waals surface area (Å²) < 4.78 is 26.8. The van der Waals surface area contributed by atoms with Crippen LogP contribution in [0.25, 0.3) is 0 Å². The van der Waals surface area contributed by atoms with Crippen LogP contribution in [-0.2, 0) is 23.4 Å². The van der Waals surface area contributed by atoms with Gasteiger partial charge in [-0.3, -0.25) is 14.2 Å². The van der Waals surface area contributed by atoms with Crippen molar-refractivity contribution >= 4 is 19.6 Å². The van der Waals surface area contributed by atoms with E-state index in [0.717, 1.165) is 12.8 Å². The van der Waals surface area contributed by atoms with E-state index in [9.17, 15) is 24.2 Å². The van der Waals surface area contributed by atoms with E-state index < -0.39 is 31.9 Å². The number of carbonyl (C=O) groups excluding carboxylic acids is 2. The van der Waals surface area contributed by atoms with Crippen LogP contribution < -0.4 is 9.63 Å². The highest BCUT2D eigenvalue weighted by Crippen LogP contribution is 2.43. The molecule has 2 aliphatic rings. The fourth-order valence-corrected chi connectivity index (χ4v) is 4.51. The Hall–Kier alpha value is -2.29. The lowest BCUT2D eigenvalue weighted by Gasteiger charge is -2.25. The molecule has 1 aromatic rings. The molecule has 0 heterocycles. The van der Waals surface area contributed by atoms with E-state index in [-0.39, 0.29) is 30.9 Å². The second-order valence-corrected chi connectivity index (χ2v) is 9.98. The summed E-state index contributed by atoms with van der Waals surface area (Å²) in [5, 5.41) is 10.3. The van der Waals surface area contributed by atoms with Gasteiger partial charge in [-0.1, -0.05) is 42.5 Å². The molecule has 0 amide bonds. The molecule has 0 bridgehead atoms. The summed E-state index contributed by atoms with van der Waals surface area (Å²) in [5.74, 6) is -1.01. The van der Waals surface area contributed by atoms with Crippen molar-refractivity contribution in [2.45, 2.75) is 63.3 Å². The summed E-state index contributed by atoms with van der Waals surface area (Å²) >= 11 is 0. The van der Waals surface area contributed by atoms with Crippen LogP contribution in [0.2, 0.25) is 0 Å². The molecule has 1 unspecified atom stereocenters. The molecule has 0 aliphatic heterocycles. The minimum atomic E-state index is -5.05. The maximum Gasteiger partial charge on any atom is 0.306 e. The van der Waals surface area contributed by atoms with Crippen molar-refractivity contribution in [3.63, 3.8) is 0 Å². The number of aliphatic hydroxyl groups is 1. The van der Waals surface area contributed by atoms with Crippen molar-refractivity contribution < 1.29 is 43.0 Å². The van der Waals surface area contributed by atoms with Gasteiger partial charge in [-0.25, -0.2) is 0 Å². The highest BCUT2D eigenvalue weighted by molar-refractivity contribution is 7.44. The zero-order valence-corrected chi connectivity index (χ0v) is 20.3. The van der Waals surface area contributed by atoms with Crippen molar-refractivity contribution in [1.82, 2.24) is 0 Å². The van der Waals surface area contributed by atoms with Crippen LogP contribution in [-0.4, -0.2) is 46.7 Å². The van der Waals surface area contributed by atoms with E-state index >= 15 is 0 Å². The van der Waals surface area contributed by atoms with Crippen LogP contribution in [0.15, 0.2) is 54.6 Å². The van der Waals surface area contributed by atoms with E-state index in [1.807, 2.05) is 18.2 Å². The van der Waals surface area contributed by atoms with E-state index in [2.05, 4.69) is 0 Å². The lowest BCUT2D eigenvalue weighted by Crippen LogP contribution is -2.23. The number of benzene rings is 1. The van der Waals surface area contributed by atoms with Gasteiger partial charge in [0, 0.05) is 24.7 Å². The minimum absolute atomic E-state index is 0.0273. The molecule has 0 saturated heterocycles. The van der Waals surface area contributed by atoms with E-state index in [4.69, 9.17) is 18.9 Å². The average Bonchev–Trinajstić information content (AvgIpc) is 3.56. The van der Waals surface area contributed by atoms with Gasteiger partial charge in [-0.15, -0.1) is 0 Å². The lowest BCUT2D eigenvalue weighted by molar-refractivity contribution is -0.224. The Labute approximate surface area is 205 Å². The van der Waals surface area contributed by atoms with Gasteiger partial charge in [0.1, 0.15) is 30.3 Å². The van der Waals surface area contributed by atoms with Gasteiger partial charge in [0.05, 0.1) is 6.10 Å². The van der Waals surface area contributed by atoms with Gasteiger partial charge in [0.25, 0.3) is 7.82 Å². The summed E-state index contributed by atoms with van der Waals surface area (Å²) in [6, 6.07) is 8.95. The van der Waals surface area contributed by atoms with Crippen molar-refractivity contribution in [2.75, 3.05) is 6.61 Å². The zero-order chi connectivity index (χ0) is 25.3. The van der Waals surface area contributed by atoms with E-state index in [1.54, 1.807) is 30.3 Å². The Bertz CT molecular complexity index is 936. The number of aliphatic hydroxyl groups excluding tert-OH is 1. The van der Waals surface area contributed by atoms with Crippen molar-refractivity contribution in [3.8, 4) is 5.75 Å². The van der Waals surface area contributed by atoms with E-state index in [1.165, 1.54) is 6.08 Å². The Morgan fingerprint density at radius 2 is 1.97 bits per heavy atom. The molecule has 3 rings (SSSR count). The van der Waals surface area contributed by atoms with Gasteiger partial charge in [0.15, 0.2) is 0 Å². The summed E-state index contributed by atoms with van der Waals surface area (Å²) in [4.78, 5) is 44.7. The zero-order valence-electron chi connectivity index (χ0n) is 19.4. The third-order valence-electron chi connectivity index (χ3n) is 5.83. The fraction of sp³-hybridized carbons (Fsp3) is 0.520. The number of esters is 1. The maximum absolute atomic E-state index is 12.6. The molecule has 0 spiro atoms. The average molecular weight is 507 g/mol. The number of unbranched alkanes of at least 4 members (excludes halogenated alkanes) is 1. The number of rotatable bonds is 14. The highest BCUT2D eigenvalue weighted by atomic mass is 31.2. The number of hydrogen-bond acceptors (Lipinski definition) is 8. The highest BCUT2D eigenvalue weighted by Gasteiger charge is 2.42. The Balaban J connectivity index is 1.53. The molecule has 10 heteroatoms. The molecule has 1 aromatic carbocycles. The normalized spacial score (nSPS) is 25.1. The monoisotopic (exact) mass is 507 g/mol. The fourth-order valence-electron chi connectivity index (χ4n) is 3.95. The third kappa shape index (κ3) is 10.1. The first-order chi connectivity index (χ1) is 16.7. The first kappa shape index (κ1) is 27.3. The van der Waals surface area contributed by atoms with E-state index in [0.29, 0.717) is 31.4 Å². The lowest BCUT2D eigenvalue weighted by atomic mass is 9.90. The summed E-state index contributed by atoms with van der Waals surface area (Å²) in [7, 11) is -5.05. The maximum atomic E-state index is 12.6. The molecule has 192 valence electrons. The quantitative estimate of drug-likeness (QED) is 0.168. The topological polar surface area (TPSA) is 142 Å². The number of phosphoric ester groups is 1. The van der Waals surface area contributed by atoms with Crippen LogP contribution in [0.5, 0.6) is 5.75 Å². The molecular weight excluding hydrogens is 475 g/mol. The number of ketones is 1. The molecule has 5 atom stereocenters.